The number of nitro benzene ring substituents is 1. The number of hydrogen-bond donors (Lipinski definition) is 5. The Hall–Kier alpha value is -13.3. The molecule has 15 aromatic rings. The number of rotatable bonds is 26. The van der Waals surface area contributed by atoms with Crippen LogP contribution in [0.4, 0.5) is 38.5 Å². The molecule has 0 aliphatic heterocycles. The molecule has 0 saturated heterocycles. The van der Waals surface area contributed by atoms with E-state index in [2.05, 4.69) is 67.4 Å². The number of pyridine rings is 5. The van der Waals surface area contributed by atoms with Crippen molar-refractivity contribution in [2.24, 2.45) is 0 Å². The van der Waals surface area contributed by atoms with Crippen molar-refractivity contribution in [1.82, 2.24) is 24.9 Å². The van der Waals surface area contributed by atoms with E-state index in [1.54, 1.807) is 219 Å². The standard InChI is InChI=1S/C19H14BrClN2O2.C19H13Cl3N2O2.C19H13Cl2FN2O2.C19H14Cl2N2O2.C19H14ClN3O4/c20-14-7-8-16(19(24)23-15-5-3-9-22-11-15)18(10-14)25-12-13-4-1-2-6-17(13)21;20-12-6-7-18(26-11-15-16(21)4-1-5-17(15)22)14(9-12)19(25)24-13-3-2-8-23-10-13;20-13-3-6-18(26-11-12-8-14(22)4-5-17(12)21)16(9-13)19(25)24-15-2-1-7-23-10-15;20-14-7-8-16(19(24)23-15-5-3-9-22-11-15)18(10-14)25-12-13-4-1-2-6-17(13)21;20-17-6-2-1-4-13(17)12-27-18-8-7-15(23(25)26)10-16(18)19(24)22-14-5-3-9-21-11-14/h1-11H,12H2,(H,23,24);2*1-10H,11H2,(H,24,25);1-11H,12H2,(H,23,24);1-11H,12H2,(H,22,24). The zero-order valence-corrected chi connectivity index (χ0v) is 75.3. The Morgan fingerprint density at radius 1 is 0.310 bits per heavy atom. The molecular weight excluding hydrogens is 1910 g/mol. The number of anilines is 5. The lowest BCUT2D eigenvalue weighted by molar-refractivity contribution is -0.384. The molecule has 15 rings (SSSR count). The number of ether oxygens (including phenoxy) is 5. The summed E-state index contributed by atoms with van der Waals surface area (Å²) in [6.45, 7) is 0.736. The molecule has 5 N–H and O–H groups in total. The van der Waals surface area contributed by atoms with Crippen molar-refractivity contribution in [2.75, 3.05) is 26.6 Å². The van der Waals surface area contributed by atoms with Gasteiger partial charge in [-0.25, -0.2) is 4.39 Å². The number of carbonyl (C=O) groups excluding carboxylic acids is 5. The first-order chi connectivity index (χ1) is 62.4. The highest BCUT2D eigenvalue weighted by atomic mass is 79.9. The van der Waals surface area contributed by atoms with Crippen LogP contribution in [-0.4, -0.2) is 59.4 Å². The van der Waals surface area contributed by atoms with E-state index in [-0.39, 0.29) is 73.3 Å². The first-order valence-corrected chi connectivity index (χ1v) is 42.3. The minimum atomic E-state index is -0.571. The van der Waals surface area contributed by atoms with Crippen LogP contribution in [-0.2, 0) is 33.0 Å². The van der Waals surface area contributed by atoms with E-state index in [4.69, 9.17) is 128 Å². The van der Waals surface area contributed by atoms with Gasteiger partial charge in [0, 0.05) is 121 Å². The summed E-state index contributed by atoms with van der Waals surface area (Å²) >= 11 is 58.3. The fourth-order valence-electron chi connectivity index (χ4n) is 11.3. The number of benzene rings is 10. The molecule has 23 nitrogen and oxygen atoms in total. The van der Waals surface area contributed by atoms with Crippen LogP contribution in [0.3, 0.4) is 0 Å². The summed E-state index contributed by atoms with van der Waals surface area (Å²) in [5.41, 5.74) is 7.48. The molecule has 129 heavy (non-hydrogen) atoms. The van der Waals surface area contributed by atoms with Gasteiger partial charge in [0.1, 0.15) is 67.6 Å². The van der Waals surface area contributed by atoms with E-state index in [1.807, 2.05) is 42.5 Å². The summed E-state index contributed by atoms with van der Waals surface area (Å²) in [6.07, 6.45) is 15.8. The Bertz CT molecular complexity index is 6240. The summed E-state index contributed by atoms with van der Waals surface area (Å²) in [7, 11) is 0. The van der Waals surface area contributed by atoms with Gasteiger partial charge in [0.2, 0.25) is 0 Å². The third-order valence-electron chi connectivity index (χ3n) is 17.6. The van der Waals surface area contributed by atoms with Gasteiger partial charge in [-0.3, -0.25) is 59.0 Å². The number of nitrogens with zero attached hydrogens (tertiary/aromatic N) is 6. The highest BCUT2D eigenvalue weighted by molar-refractivity contribution is 9.10. The SMILES string of the molecule is O=C(Nc1cccnc1)c1cc(Cl)ccc1OCc1c(Cl)cccc1Cl.O=C(Nc1cccnc1)c1cc(Cl)ccc1OCc1cc(F)ccc1Cl.O=C(Nc1cccnc1)c1cc([N+](=O)[O-])ccc1OCc1ccccc1Cl.O=C(Nc1cccnc1)c1ccc(Br)cc1OCc1ccccc1Cl.O=C(Nc1cccnc1)c1ccc(Cl)cc1OCc1ccccc1Cl. The second-order valence-corrected chi connectivity index (χ2v) is 31.3. The predicted molar refractivity (Wildman–Crippen MR) is 506 cm³/mol. The number of halogens is 11. The van der Waals surface area contributed by atoms with E-state index in [1.165, 1.54) is 60.9 Å². The lowest BCUT2D eigenvalue weighted by atomic mass is 10.1. The topological polar surface area (TPSA) is 299 Å². The van der Waals surface area contributed by atoms with Crippen LogP contribution in [0.1, 0.15) is 79.6 Å². The zero-order chi connectivity index (χ0) is 91.6. The Kier molecular flexibility index (Phi) is 36.7. The average Bonchev–Trinajstić information content (AvgIpc) is 0.719. The molecule has 5 aromatic heterocycles. The number of hydrogen-bond acceptors (Lipinski definition) is 17. The number of amides is 5. The van der Waals surface area contributed by atoms with Crippen LogP contribution in [0.5, 0.6) is 28.7 Å². The fourth-order valence-corrected chi connectivity index (χ4v) is 13.4. The molecule has 0 fully saturated rings. The molecule has 0 aliphatic rings. The molecule has 0 bridgehead atoms. The Morgan fingerprint density at radius 2 is 0.628 bits per heavy atom. The molecule has 5 amide bonds. The minimum Gasteiger partial charge on any atom is -0.488 e. The van der Waals surface area contributed by atoms with Crippen molar-refractivity contribution in [3.8, 4) is 28.7 Å². The maximum atomic E-state index is 13.4. The molecular formula is C95H68BrCl9FN11O12. The van der Waals surface area contributed by atoms with Crippen molar-refractivity contribution in [3.63, 3.8) is 0 Å². The first kappa shape index (κ1) is 96.4. The second kappa shape index (κ2) is 49.2. The highest BCUT2D eigenvalue weighted by Gasteiger charge is 2.23. The van der Waals surface area contributed by atoms with Gasteiger partial charge in [-0.05, 0) is 188 Å². The molecule has 0 radical (unpaired) electrons. The van der Waals surface area contributed by atoms with Gasteiger partial charge in [0.05, 0.1) is 92.2 Å². The van der Waals surface area contributed by atoms with Crippen LogP contribution in [0.25, 0.3) is 0 Å². The molecule has 0 spiro atoms. The van der Waals surface area contributed by atoms with E-state index in [0.717, 1.165) is 21.2 Å². The van der Waals surface area contributed by atoms with Gasteiger partial charge < -0.3 is 50.3 Å². The number of carbonyl (C=O) groups is 5. The first-order valence-electron chi connectivity index (χ1n) is 38.1. The third kappa shape index (κ3) is 29.9. The summed E-state index contributed by atoms with van der Waals surface area (Å²) in [4.78, 5) is 93.2. The maximum Gasteiger partial charge on any atom is 0.270 e. The lowest BCUT2D eigenvalue weighted by Crippen LogP contribution is -2.14. The van der Waals surface area contributed by atoms with Crippen molar-refractivity contribution < 1.29 is 57.0 Å². The normalized spacial score (nSPS) is 10.3. The third-order valence-corrected chi connectivity index (χ3v) is 21.0. The van der Waals surface area contributed by atoms with E-state index < -0.39 is 22.6 Å². The van der Waals surface area contributed by atoms with E-state index in [9.17, 15) is 38.5 Å². The quantitative estimate of drug-likeness (QED) is 0.0249. The molecule has 0 atom stereocenters. The molecule has 10 aromatic carbocycles. The Morgan fingerprint density at radius 3 is 1.02 bits per heavy atom. The van der Waals surface area contributed by atoms with Crippen molar-refractivity contribution in [3.05, 3.63) is 444 Å². The molecule has 34 heteroatoms. The molecule has 0 saturated carbocycles. The van der Waals surface area contributed by atoms with Crippen LogP contribution in [0, 0.1) is 15.9 Å². The Labute approximate surface area is 792 Å². The fraction of sp³-hybridized carbons (Fsp3) is 0.0526. The molecule has 5 heterocycles. The van der Waals surface area contributed by atoms with Crippen molar-refractivity contribution in [2.45, 2.75) is 33.0 Å². The van der Waals surface area contributed by atoms with Gasteiger partial charge in [-0.1, -0.05) is 181 Å². The van der Waals surface area contributed by atoms with Crippen molar-refractivity contribution in [1.29, 1.82) is 0 Å². The number of nitro groups is 1. The van der Waals surface area contributed by atoms with Gasteiger partial charge in [-0.15, -0.1) is 0 Å². The number of non-ortho nitro benzene ring substituents is 1. The predicted octanol–water partition coefficient (Wildman–Crippen LogP) is 26.3. The van der Waals surface area contributed by atoms with Gasteiger partial charge in [0.25, 0.3) is 35.2 Å². The molecule has 0 unspecified atom stereocenters. The van der Waals surface area contributed by atoms with E-state index in [0.29, 0.717) is 124 Å². The van der Waals surface area contributed by atoms with Crippen LogP contribution >= 0.6 is 120 Å². The Balaban J connectivity index is 0.000000156. The molecule has 652 valence electrons. The largest absolute Gasteiger partial charge is 0.488 e. The van der Waals surface area contributed by atoms with Crippen LogP contribution in [0.2, 0.25) is 45.2 Å². The van der Waals surface area contributed by atoms with Gasteiger partial charge >= 0.3 is 0 Å². The highest BCUT2D eigenvalue weighted by Crippen LogP contribution is 2.35. The minimum absolute atomic E-state index is 0.00536. The number of nitrogens with one attached hydrogen (secondary N) is 5. The zero-order valence-electron chi connectivity index (χ0n) is 66.9. The van der Waals surface area contributed by atoms with Gasteiger partial charge in [0.15, 0.2) is 0 Å². The van der Waals surface area contributed by atoms with Crippen LogP contribution < -0.4 is 50.3 Å². The summed E-state index contributed by atoms with van der Waals surface area (Å²) in [6, 6.07) is 71.8. The van der Waals surface area contributed by atoms with E-state index >= 15 is 0 Å². The summed E-state index contributed by atoms with van der Waals surface area (Å²) < 4.78 is 43.0. The van der Waals surface area contributed by atoms with Crippen LogP contribution in [0.15, 0.2) is 327 Å². The smallest absolute Gasteiger partial charge is 0.270 e. The monoisotopic (exact) mass is 1970 g/mol. The average molecular weight is 1970 g/mol. The molecule has 0 aliphatic carbocycles. The lowest BCUT2D eigenvalue weighted by Gasteiger charge is -2.13. The summed E-state index contributed by atoms with van der Waals surface area (Å²) in [5, 5.41) is 29.2. The maximum absolute atomic E-state index is 13.4. The van der Waals surface area contributed by atoms with Gasteiger partial charge in [-0.2, -0.15) is 0 Å². The summed E-state index contributed by atoms with van der Waals surface area (Å²) in [5.74, 6) is -0.566. The second-order valence-electron chi connectivity index (χ2n) is 26.6. The van der Waals surface area contributed by atoms with Crippen molar-refractivity contribution >= 4 is 184 Å². The number of aromatic nitrogens is 5.